The number of aromatic nitrogens is 3. The summed E-state index contributed by atoms with van der Waals surface area (Å²) in [5.74, 6) is 1.08. The summed E-state index contributed by atoms with van der Waals surface area (Å²) in [6, 6.07) is 38.6. The van der Waals surface area contributed by atoms with E-state index in [4.69, 9.17) is 32.0 Å². The van der Waals surface area contributed by atoms with Gasteiger partial charge in [-0.1, -0.05) is 164 Å². The van der Waals surface area contributed by atoms with Crippen molar-refractivity contribution in [3.63, 3.8) is 0 Å². The number of fused-ring (bicyclic) bond motifs is 4. The molecule has 2 heterocycles. The summed E-state index contributed by atoms with van der Waals surface area (Å²) in [4.78, 5) is 14.8. The van der Waals surface area contributed by atoms with Crippen LogP contribution >= 0.6 is 11.3 Å². The maximum absolute atomic E-state index is 8.82. The zero-order valence-corrected chi connectivity index (χ0v) is 29.2. The van der Waals surface area contributed by atoms with Gasteiger partial charge in [0.25, 0.3) is 0 Å². The fraction of sp³-hybridized carbons (Fsp3) is 0. The Kier molecular flexibility index (Phi) is 5.92. The summed E-state index contributed by atoms with van der Waals surface area (Å²) in [6.45, 7) is 0. The van der Waals surface area contributed by atoms with Crippen LogP contribution in [0.1, 0.15) is 12.3 Å². The summed E-state index contributed by atoms with van der Waals surface area (Å²) in [6.07, 6.45) is 0. The van der Waals surface area contributed by atoms with Gasteiger partial charge in [0.2, 0.25) is 0 Å². The average molecular weight is 719 g/mol. The normalized spacial score (nSPS) is 13.7. The highest BCUT2D eigenvalue weighted by Gasteiger charge is 2.16. The molecule has 0 fully saturated rings. The van der Waals surface area contributed by atoms with Gasteiger partial charge in [-0.2, -0.15) is 0 Å². The van der Waals surface area contributed by atoms with E-state index in [0.29, 0.717) is 28.6 Å². The molecule has 0 spiro atoms. The molecule has 0 aliphatic carbocycles. The second-order valence-corrected chi connectivity index (χ2v) is 13.6. The maximum Gasteiger partial charge on any atom is 0.164 e. The molecule has 0 bridgehead atoms. The van der Waals surface area contributed by atoms with Crippen molar-refractivity contribution in [3.8, 4) is 67.9 Å². The second-order valence-electron chi connectivity index (χ2n) is 12.5. The number of hydrogen-bond acceptors (Lipinski definition) is 5. The molecule has 254 valence electrons. The molecule has 8 aromatic carbocycles. The molecular weight excluding hydrogens is 679 g/mol. The molecule has 0 radical (unpaired) electrons. The third-order valence-corrected chi connectivity index (χ3v) is 10.4. The van der Waals surface area contributed by atoms with Crippen LogP contribution in [0.15, 0.2) is 188 Å². The first kappa shape index (κ1) is 23.6. The Bertz CT molecular complexity index is 3480. The molecule has 0 N–H and O–H groups in total. The van der Waals surface area contributed by atoms with Gasteiger partial charge in [0.1, 0.15) is 11.5 Å². The second kappa shape index (κ2) is 13.6. The molecule has 0 atom stereocenters. The zero-order chi connectivity index (χ0) is 43.7. The summed E-state index contributed by atoms with van der Waals surface area (Å²) in [5.41, 5.74) is 5.44. The molecule has 2 aromatic heterocycles. The lowest BCUT2D eigenvalue weighted by molar-refractivity contribution is 0.488. The van der Waals surface area contributed by atoms with E-state index in [1.807, 2.05) is 66.7 Å². The van der Waals surface area contributed by atoms with Crippen LogP contribution in [-0.2, 0) is 0 Å². The van der Waals surface area contributed by atoms with Crippen molar-refractivity contribution in [2.45, 2.75) is 0 Å². The lowest BCUT2D eigenvalue weighted by atomic mass is 10.0. The fourth-order valence-corrected chi connectivity index (χ4v) is 7.82. The molecule has 10 rings (SSSR count). The molecule has 4 nitrogen and oxygen atoms in total. The van der Waals surface area contributed by atoms with Crippen molar-refractivity contribution >= 4 is 42.3 Å². The first-order valence-corrected chi connectivity index (χ1v) is 18.0. The SMILES string of the molecule is [2H]c1cc(Oc2cc(-c3ccc(-c4nc(-c5ccccc5)nc(-c5ccc6c(c5)sc5c(-c7ccccc7)cccc56)n4)cc3)c([2H])c([2H])c2[2H])c2c([2H])c([2H])c([2H])c([2H])c2c1[2H]. The van der Waals surface area contributed by atoms with E-state index in [1.54, 1.807) is 23.5 Å². The minimum absolute atomic E-state index is 0.124. The van der Waals surface area contributed by atoms with E-state index in [2.05, 4.69) is 42.5 Å². The van der Waals surface area contributed by atoms with Crippen molar-refractivity contribution in [2.24, 2.45) is 0 Å². The molecule has 0 aliphatic rings. The lowest BCUT2D eigenvalue weighted by Gasteiger charge is -2.11. The van der Waals surface area contributed by atoms with Gasteiger partial charge in [-0.05, 0) is 51.9 Å². The molecule has 0 saturated carbocycles. The minimum atomic E-state index is -0.549. The number of ether oxygens (including phenoxy) is 1. The third-order valence-electron chi connectivity index (χ3n) is 9.18. The smallest absolute Gasteiger partial charge is 0.164 e. The van der Waals surface area contributed by atoms with E-state index < -0.39 is 42.3 Å². The van der Waals surface area contributed by atoms with Gasteiger partial charge in [-0.3, -0.25) is 0 Å². The van der Waals surface area contributed by atoms with Gasteiger partial charge in [-0.15, -0.1) is 11.3 Å². The van der Waals surface area contributed by atoms with Crippen molar-refractivity contribution in [2.75, 3.05) is 0 Å². The third kappa shape index (κ3) is 5.97. The van der Waals surface area contributed by atoms with Gasteiger partial charge in [0.05, 0.1) is 12.3 Å². The average Bonchev–Trinajstić information content (AvgIpc) is 3.70. The number of benzene rings is 8. The first-order chi connectivity index (χ1) is 30.5. The van der Waals surface area contributed by atoms with Crippen LogP contribution in [0.3, 0.4) is 0 Å². The number of hydrogen-bond donors (Lipinski definition) is 0. The van der Waals surface area contributed by atoms with Gasteiger partial charge in [0, 0.05) is 42.2 Å². The topological polar surface area (TPSA) is 47.9 Å². The van der Waals surface area contributed by atoms with Crippen LogP contribution < -0.4 is 4.74 Å². The van der Waals surface area contributed by atoms with Crippen molar-refractivity contribution in [1.29, 1.82) is 0 Å². The summed E-state index contributed by atoms with van der Waals surface area (Å²) in [5, 5.41) is 2.02. The van der Waals surface area contributed by atoms with Gasteiger partial charge >= 0.3 is 0 Å². The van der Waals surface area contributed by atoms with Crippen LogP contribution in [0.25, 0.3) is 87.4 Å². The first-order valence-electron chi connectivity index (χ1n) is 21.7. The van der Waals surface area contributed by atoms with Crippen LogP contribution in [0, 0.1) is 0 Å². The van der Waals surface area contributed by atoms with Gasteiger partial charge < -0.3 is 4.74 Å². The number of rotatable bonds is 7. The number of thiophene rings is 1. The Morgan fingerprint density at radius 1 is 0.444 bits per heavy atom. The molecule has 54 heavy (non-hydrogen) atoms. The molecule has 0 amide bonds. The monoisotopic (exact) mass is 718 g/mol. The molecule has 5 heteroatoms. The quantitative estimate of drug-likeness (QED) is 0.165. The number of nitrogens with zero attached hydrogens (tertiary/aromatic N) is 3. The van der Waals surface area contributed by atoms with Crippen molar-refractivity contribution in [3.05, 3.63) is 188 Å². The van der Waals surface area contributed by atoms with E-state index >= 15 is 0 Å². The fourth-order valence-electron chi connectivity index (χ4n) is 6.54. The molecule has 0 unspecified atom stereocenters. The predicted octanol–water partition coefficient (Wildman–Crippen LogP) is 13.5. The Morgan fingerprint density at radius 3 is 1.91 bits per heavy atom. The summed E-state index contributed by atoms with van der Waals surface area (Å²) >= 11 is 1.73. The maximum atomic E-state index is 8.82. The van der Waals surface area contributed by atoms with Crippen LogP contribution in [0.4, 0.5) is 0 Å². The molecule has 10 aromatic rings. The van der Waals surface area contributed by atoms with Crippen LogP contribution in [0.2, 0.25) is 0 Å². The summed E-state index contributed by atoms with van der Waals surface area (Å²) in [7, 11) is 0. The summed E-state index contributed by atoms with van der Waals surface area (Å²) < 4.78 is 84.6. The van der Waals surface area contributed by atoms with E-state index in [-0.39, 0.29) is 39.9 Å². The van der Waals surface area contributed by atoms with Crippen LogP contribution in [0.5, 0.6) is 11.5 Å². The lowest BCUT2D eigenvalue weighted by Crippen LogP contribution is -2.00. The Hall–Kier alpha value is -6.95. The zero-order valence-electron chi connectivity index (χ0n) is 37.4. The predicted molar refractivity (Wildman–Crippen MR) is 224 cm³/mol. The highest BCUT2D eigenvalue weighted by molar-refractivity contribution is 7.26. The van der Waals surface area contributed by atoms with Gasteiger partial charge in [0.15, 0.2) is 17.5 Å². The molecule has 0 saturated heterocycles. The standard InChI is InChI=1S/C49H31N3OS/c1-3-12-34(13-4-1)41-21-11-22-43-42-29-28-38(31-45(42)54-46(41)43)49-51-47(35-15-5-2-6-16-35)50-48(52-49)36-26-24-32(25-27-36)37-18-9-19-39(30-37)53-44-23-10-17-33-14-7-8-20-40(33)44/h1-31H/i7D,8D,9D,10D,14D,17D,18D,19D,20D. The molecule has 0 aliphatic heterocycles. The van der Waals surface area contributed by atoms with E-state index in [0.717, 1.165) is 32.8 Å². The highest BCUT2D eigenvalue weighted by atomic mass is 32.1. The molecular formula is C49H31N3OS. The van der Waals surface area contributed by atoms with Crippen LogP contribution in [-0.4, -0.2) is 15.0 Å². The Morgan fingerprint density at radius 2 is 1.11 bits per heavy atom. The minimum Gasteiger partial charge on any atom is -0.457 e. The highest BCUT2D eigenvalue weighted by Crippen LogP contribution is 2.41. The van der Waals surface area contributed by atoms with Crippen molar-refractivity contribution in [1.82, 2.24) is 15.0 Å². The van der Waals surface area contributed by atoms with E-state index in [1.165, 1.54) is 21.7 Å². The Balaban J connectivity index is 1.04. The largest absolute Gasteiger partial charge is 0.457 e. The van der Waals surface area contributed by atoms with E-state index in [9.17, 15) is 0 Å². The van der Waals surface area contributed by atoms with Gasteiger partial charge in [-0.25, -0.2) is 15.0 Å². The van der Waals surface area contributed by atoms with Crippen molar-refractivity contribution < 1.29 is 17.1 Å². The Labute approximate surface area is 329 Å².